The Kier molecular flexibility index (Phi) is 6.14. The maximum atomic E-state index is 14.1. The lowest BCUT2D eigenvalue weighted by molar-refractivity contribution is -0.142. The van der Waals surface area contributed by atoms with E-state index in [1.54, 1.807) is 30.3 Å². The van der Waals surface area contributed by atoms with Gasteiger partial charge in [0.05, 0.1) is 6.61 Å². The third-order valence-electron chi connectivity index (χ3n) is 5.42. The van der Waals surface area contributed by atoms with Gasteiger partial charge in [-0.25, -0.2) is 13.8 Å². The zero-order valence-corrected chi connectivity index (χ0v) is 17.0. The number of pyridine rings is 1. The topological polar surface area (TPSA) is 53.4 Å². The van der Waals surface area contributed by atoms with E-state index < -0.39 is 47.8 Å². The SMILES string of the molecule is OCc1c(C(F)(F)F)nc(C(F)F)c(C(O)c2ccc3ccccc3c2)c1-c1ccccc1. The molecule has 1 unspecified atom stereocenters. The highest BCUT2D eigenvalue weighted by Crippen LogP contribution is 2.44. The van der Waals surface area contributed by atoms with Crippen molar-refractivity contribution in [3.8, 4) is 11.1 Å². The number of rotatable bonds is 5. The quantitative estimate of drug-likeness (QED) is 0.338. The lowest BCUT2D eigenvalue weighted by Gasteiger charge is -2.25. The summed E-state index contributed by atoms with van der Waals surface area (Å²) in [6, 6.07) is 19.5. The monoisotopic (exact) mass is 459 g/mol. The molecule has 0 radical (unpaired) electrons. The Bertz CT molecular complexity index is 1290. The average Bonchev–Trinajstić information content (AvgIpc) is 2.81. The lowest BCUT2D eigenvalue weighted by atomic mass is 9.87. The first kappa shape index (κ1) is 22.8. The second kappa shape index (κ2) is 8.88. The molecule has 33 heavy (non-hydrogen) atoms. The number of hydrogen-bond acceptors (Lipinski definition) is 3. The van der Waals surface area contributed by atoms with Crippen molar-refractivity contribution in [2.75, 3.05) is 0 Å². The molecule has 0 saturated carbocycles. The molecule has 1 heterocycles. The normalized spacial score (nSPS) is 13.0. The van der Waals surface area contributed by atoms with Gasteiger partial charge in [-0.05, 0) is 33.5 Å². The van der Waals surface area contributed by atoms with Gasteiger partial charge in [0.15, 0.2) is 5.69 Å². The molecular formula is C25H18F5NO2. The second-order valence-electron chi connectivity index (χ2n) is 7.44. The summed E-state index contributed by atoms with van der Waals surface area (Å²) in [6.45, 7) is -1.10. The maximum Gasteiger partial charge on any atom is 0.433 e. The van der Waals surface area contributed by atoms with E-state index in [2.05, 4.69) is 4.98 Å². The molecule has 0 aliphatic rings. The zero-order valence-electron chi connectivity index (χ0n) is 17.0. The fourth-order valence-corrected chi connectivity index (χ4v) is 3.97. The molecule has 3 nitrogen and oxygen atoms in total. The second-order valence-corrected chi connectivity index (χ2v) is 7.44. The van der Waals surface area contributed by atoms with E-state index in [0.29, 0.717) is 0 Å². The summed E-state index contributed by atoms with van der Waals surface area (Å²) in [5.74, 6) is 0. The summed E-state index contributed by atoms with van der Waals surface area (Å²) in [4.78, 5) is 3.21. The molecule has 0 bridgehead atoms. The summed E-state index contributed by atoms with van der Waals surface area (Å²) in [7, 11) is 0. The first-order chi connectivity index (χ1) is 15.7. The Hall–Kier alpha value is -3.36. The van der Waals surface area contributed by atoms with E-state index in [1.807, 2.05) is 12.1 Å². The molecule has 4 aromatic rings. The van der Waals surface area contributed by atoms with E-state index in [1.165, 1.54) is 30.3 Å². The Morgan fingerprint density at radius 2 is 1.48 bits per heavy atom. The molecule has 0 aliphatic heterocycles. The lowest BCUT2D eigenvalue weighted by Crippen LogP contribution is -2.19. The van der Waals surface area contributed by atoms with Crippen LogP contribution in [0.15, 0.2) is 72.8 Å². The van der Waals surface area contributed by atoms with E-state index in [9.17, 15) is 32.2 Å². The van der Waals surface area contributed by atoms with Crippen LogP contribution in [0.2, 0.25) is 0 Å². The van der Waals surface area contributed by atoms with Crippen LogP contribution in [-0.2, 0) is 12.8 Å². The number of aliphatic hydroxyl groups is 2. The average molecular weight is 459 g/mol. The van der Waals surface area contributed by atoms with Crippen molar-refractivity contribution in [3.63, 3.8) is 0 Å². The van der Waals surface area contributed by atoms with Gasteiger partial charge in [0, 0.05) is 11.1 Å². The summed E-state index contributed by atoms with van der Waals surface area (Å²) in [5.41, 5.74) is -3.88. The highest BCUT2D eigenvalue weighted by molar-refractivity contribution is 5.83. The number of fused-ring (bicyclic) bond motifs is 1. The van der Waals surface area contributed by atoms with Crippen molar-refractivity contribution in [1.29, 1.82) is 0 Å². The number of aromatic nitrogens is 1. The Morgan fingerprint density at radius 1 is 0.848 bits per heavy atom. The van der Waals surface area contributed by atoms with E-state index >= 15 is 0 Å². The highest BCUT2D eigenvalue weighted by atomic mass is 19.4. The standard InChI is InChI=1S/C25H18F5NO2/c26-24(27)21-20(22(33)17-11-10-14-6-4-5-9-16(14)12-17)19(15-7-2-1-3-8-15)18(13-32)23(31-21)25(28,29)30/h1-12,22,24,32-33H,13H2. The van der Waals surface area contributed by atoms with Gasteiger partial charge in [-0.1, -0.05) is 66.7 Å². The van der Waals surface area contributed by atoms with E-state index in [-0.39, 0.29) is 16.7 Å². The van der Waals surface area contributed by atoms with E-state index in [4.69, 9.17) is 0 Å². The van der Waals surface area contributed by atoms with Crippen molar-refractivity contribution in [2.45, 2.75) is 25.3 Å². The molecule has 8 heteroatoms. The molecule has 0 fully saturated rings. The van der Waals surface area contributed by atoms with Crippen molar-refractivity contribution >= 4 is 10.8 Å². The van der Waals surface area contributed by atoms with Gasteiger partial charge >= 0.3 is 6.18 Å². The molecule has 170 valence electrons. The first-order valence-electron chi connectivity index (χ1n) is 9.97. The van der Waals surface area contributed by atoms with Crippen LogP contribution in [0.5, 0.6) is 0 Å². The molecular weight excluding hydrogens is 441 g/mol. The van der Waals surface area contributed by atoms with Crippen LogP contribution in [-0.4, -0.2) is 15.2 Å². The van der Waals surface area contributed by atoms with Crippen LogP contribution in [0.4, 0.5) is 22.0 Å². The number of nitrogens with zero attached hydrogens (tertiary/aromatic N) is 1. The zero-order chi connectivity index (χ0) is 23.8. The molecule has 1 aromatic heterocycles. The molecule has 0 spiro atoms. The summed E-state index contributed by atoms with van der Waals surface area (Å²) < 4.78 is 69.3. The maximum absolute atomic E-state index is 14.1. The minimum absolute atomic E-state index is 0.145. The molecule has 0 amide bonds. The van der Waals surface area contributed by atoms with Crippen LogP contribution in [0.1, 0.15) is 40.6 Å². The summed E-state index contributed by atoms with van der Waals surface area (Å²) >= 11 is 0. The van der Waals surface area contributed by atoms with Gasteiger partial charge in [-0.3, -0.25) is 0 Å². The molecule has 3 aromatic carbocycles. The number of halogens is 5. The van der Waals surface area contributed by atoms with Crippen LogP contribution in [0, 0.1) is 0 Å². The number of aliphatic hydroxyl groups excluding tert-OH is 2. The third kappa shape index (κ3) is 4.31. The largest absolute Gasteiger partial charge is 0.433 e. The molecule has 0 aliphatic carbocycles. The van der Waals surface area contributed by atoms with Gasteiger partial charge < -0.3 is 10.2 Å². The van der Waals surface area contributed by atoms with Crippen LogP contribution in [0.25, 0.3) is 21.9 Å². The summed E-state index contributed by atoms with van der Waals surface area (Å²) in [5, 5.41) is 22.6. The van der Waals surface area contributed by atoms with Gasteiger partial charge in [-0.2, -0.15) is 13.2 Å². The van der Waals surface area contributed by atoms with Gasteiger partial charge in [0.2, 0.25) is 0 Å². The van der Waals surface area contributed by atoms with Crippen LogP contribution in [0.3, 0.4) is 0 Å². The Balaban J connectivity index is 2.06. The fraction of sp³-hybridized carbons (Fsp3) is 0.160. The first-order valence-corrected chi connectivity index (χ1v) is 9.97. The van der Waals surface area contributed by atoms with Crippen molar-refractivity contribution < 1.29 is 32.2 Å². The third-order valence-corrected chi connectivity index (χ3v) is 5.42. The number of alkyl halides is 5. The fourth-order valence-electron chi connectivity index (χ4n) is 3.97. The molecule has 2 N–H and O–H groups in total. The van der Waals surface area contributed by atoms with Crippen molar-refractivity contribution in [1.82, 2.24) is 4.98 Å². The van der Waals surface area contributed by atoms with Crippen LogP contribution < -0.4 is 0 Å². The van der Waals surface area contributed by atoms with Gasteiger partial charge in [0.1, 0.15) is 11.8 Å². The molecule has 0 saturated heterocycles. The smallest absolute Gasteiger partial charge is 0.392 e. The van der Waals surface area contributed by atoms with E-state index in [0.717, 1.165) is 10.8 Å². The van der Waals surface area contributed by atoms with Crippen molar-refractivity contribution in [2.24, 2.45) is 0 Å². The van der Waals surface area contributed by atoms with Gasteiger partial charge in [-0.15, -0.1) is 0 Å². The molecule has 1 atom stereocenters. The minimum Gasteiger partial charge on any atom is -0.392 e. The summed E-state index contributed by atoms with van der Waals surface area (Å²) in [6.07, 6.45) is -10.2. The minimum atomic E-state index is -5.09. The van der Waals surface area contributed by atoms with Crippen LogP contribution >= 0.6 is 0 Å². The predicted molar refractivity (Wildman–Crippen MR) is 114 cm³/mol. The van der Waals surface area contributed by atoms with Gasteiger partial charge in [0.25, 0.3) is 6.43 Å². The predicted octanol–water partition coefficient (Wildman–Crippen LogP) is 6.43. The molecule has 4 rings (SSSR count). The Labute approximate surface area is 185 Å². The number of hydrogen-bond donors (Lipinski definition) is 2. The highest BCUT2D eigenvalue weighted by Gasteiger charge is 2.40. The Morgan fingerprint density at radius 3 is 2.09 bits per heavy atom. The van der Waals surface area contributed by atoms with Crippen molar-refractivity contribution in [3.05, 3.63) is 101 Å². The number of benzene rings is 3.